The Balaban J connectivity index is 3.22. The first-order valence-electron chi connectivity index (χ1n) is 14.7. The number of hydrogen-bond donors (Lipinski definition) is 0. The number of carbonyl (C=O) groups is 2. The fraction of sp³-hybridized carbons (Fsp3) is 0.867. The molecule has 0 aromatic carbocycles. The summed E-state index contributed by atoms with van der Waals surface area (Å²) in [6, 6.07) is 0. The van der Waals surface area contributed by atoms with Crippen LogP contribution in [0.2, 0.25) is 0 Å². The van der Waals surface area contributed by atoms with E-state index in [1.165, 1.54) is 57.8 Å². The standard InChI is InChI=1S/C30H56O4/c1-3-5-23-27-33-29(31)25-21-19-17-15-13-11-9-7-8-10-12-14-16-18-20-22-26-30(32)34-28-24-6-4-2/h15,17H,3-14,16,18-28H2,1-2H3/b17-15+. The molecule has 0 amide bonds. The molecule has 0 aliphatic rings. The van der Waals surface area contributed by atoms with Crippen molar-refractivity contribution in [2.45, 2.75) is 155 Å². The Labute approximate surface area is 211 Å². The molecule has 0 saturated carbocycles. The first-order chi connectivity index (χ1) is 16.7. The maximum absolute atomic E-state index is 11.6. The topological polar surface area (TPSA) is 52.6 Å². The number of esters is 2. The molecule has 0 saturated heterocycles. The molecule has 0 heterocycles. The third-order valence-electron chi connectivity index (χ3n) is 6.19. The van der Waals surface area contributed by atoms with E-state index >= 15 is 0 Å². The molecule has 0 N–H and O–H groups in total. The normalized spacial score (nSPS) is 11.2. The van der Waals surface area contributed by atoms with Crippen LogP contribution < -0.4 is 0 Å². The van der Waals surface area contributed by atoms with Crippen LogP contribution in [0.25, 0.3) is 0 Å². The van der Waals surface area contributed by atoms with Gasteiger partial charge in [0.15, 0.2) is 0 Å². The Morgan fingerprint density at radius 3 is 1.32 bits per heavy atom. The van der Waals surface area contributed by atoms with E-state index in [0.717, 1.165) is 70.6 Å². The van der Waals surface area contributed by atoms with Crippen LogP contribution >= 0.6 is 0 Å². The Morgan fingerprint density at radius 1 is 0.471 bits per heavy atom. The summed E-state index contributed by atoms with van der Waals surface area (Å²) >= 11 is 0. The van der Waals surface area contributed by atoms with E-state index in [0.29, 0.717) is 26.1 Å². The molecule has 0 aromatic rings. The highest BCUT2D eigenvalue weighted by molar-refractivity contribution is 5.69. The average Bonchev–Trinajstić information content (AvgIpc) is 2.83. The van der Waals surface area contributed by atoms with Gasteiger partial charge in [-0.05, 0) is 44.9 Å². The first-order valence-corrected chi connectivity index (χ1v) is 14.7. The summed E-state index contributed by atoms with van der Waals surface area (Å²) in [4.78, 5) is 23.2. The zero-order chi connectivity index (χ0) is 25.0. The van der Waals surface area contributed by atoms with E-state index in [2.05, 4.69) is 26.0 Å². The SMILES string of the molecule is CCCCCOC(=O)CCC/C=C/CCCCCCCCCCCCCC(=O)OCCCCC. The molecule has 4 heteroatoms. The highest BCUT2D eigenvalue weighted by Crippen LogP contribution is 2.13. The molecule has 200 valence electrons. The Bertz CT molecular complexity index is 472. The van der Waals surface area contributed by atoms with Crippen LogP contribution in [0.1, 0.15) is 155 Å². The van der Waals surface area contributed by atoms with Gasteiger partial charge in [0.25, 0.3) is 0 Å². The van der Waals surface area contributed by atoms with E-state index < -0.39 is 0 Å². The summed E-state index contributed by atoms with van der Waals surface area (Å²) in [5.74, 6) is -0.0544. The van der Waals surface area contributed by atoms with Crippen LogP contribution in [0.5, 0.6) is 0 Å². The largest absolute Gasteiger partial charge is 0.466 e. The first kappa shape index (κ1) is 32.7. The minimum absolute atomic E-state index is 0.0123. The lowest BCUT2D eigenvalue weighted by atomic mass is 10.0. The molecule has 0 aliphatic heterocycles. The van der Waals surface area contributed by atoms with Crippen molar-refractivity contribution in [2.24, 2.45) is 0 Å². The summed E-state index contributed by atoms with van der Waals surface area (Å²) in [6.07, 6.45) is 29.3. The van der Waals surface area contributed by atoms with Gasteiger partial charge in [-0.25, -0.2) is 0 Å². The summed E-state index contributed by atoms with van der Waals surface area (Å²) < 4.78 is 10.5. The Kier molecular flexibility index (Phi) is 26.8. The monoisotopic (exact) mass is 480 g/mol. The number of unbranched alkanes of at least 4 members (excludes halogenated alkanes) is 16. The summed E-state index contributed by atoms with van der Waals surface area (Å²) in [5.41, 5.74) is 0. The van der Waals surface area contributed by atoms with E-state index in [4.69, 9.17) is 9.47 Å². The van der Waals surface area contributed by atoms with Crippen LogP contribution in [-0.2, 0) is 19.1 Å². The lowest BCUT2D eigenvalue weighted by Crippen LogP contribution is -2.05. The molecular formula is C30H56O4. The van der Waals surface area contributed by atoms with Crippen molar-refractivity contribution in [3.8, 4) is 0 Å². The van der Waals surface area contributed by atoms with Gasteiger partial charge in [-0.2, -0.15) is 0 Å². The van der Waals surface area contributed by atoms with Crippen molar-refractivity contribution in [3.05, 3.63) is 12.2 Å². The van der Waals surface area contributed by atoms with Gasteiger partial charge < -0.3 is 9.47 Å². The second-order valence-corrected chi connectivity index (χ2v) is 9.65. The third-order valence-corrected chi connectivity index (χ3v) is 6.19. The Morgan fingerprint density at radius 2 is 0.853 bits per heavy atom. The van der Waals surface area contributed by atoms with Crippen molar-refractivity contribution >= 4 is 11.9 Å². The number of allylic oxidation sites excluding steroid dienone is 2. The minimum Gasteiger partial charge on any atom is -0.466 e. The number of carbonyl (C=O) groups excluding carboxylic acids is 2. The van der Waals surface area contributed by atoms with Gasteiger partial charge in [-0.3, -0.25) is 9.59 Å². The highest BCUT2D eigenvalue weighted by Gasteiger charge is 2.02. The molecule has 0 bridgehead atoms. The van der Waals surface area contributed by atoms with Crippen LogP contribution in [-0.4, -0.2) is 25.2 Å². The van der Waals surface area contributed by atoms with E-state index in [-0.39, 0.29) is 11.9 Å². The van der Waals surface area contributed by atoms with Crippen molar-refractivity contribution < 1.29 is 19.1 Å². The van der Waals surface area contributed by atoms with Crippen molar-refractivity contribution in [1.29, 1.82) is 0 Å². The van der Waals surface area contributed by atoms with Gasteiger partial charge in [0.2, 0.25) is 0 Å². The summed E-state index contributed by atoms with van der Waals surface area (Å²) in [5, 5.41) is 0. The fourth-order valence-electron chi connectivity index (χ4n) is 3.94. The lowest BCUT2D eigenvalue weighted by Gasteiger charge is -2.05. The van der Waals surface area contributed by atoms with Gasteiger partial charge in [0.05, 0.1) is 13.2 Å². The molecule has 0 aliphatic carbocycles. The number of rotatable bonds is 26. The molecule has 0 unspecified atom stereocenters. The highest BCUT2D eigenvalue weighted by atomic mass is 16.5. The molecule has 4 nitrogen and oxygen atoms in total. The molecule has 0 spiro atoms. The molecule has 0 rings (SSSR count). The van der Waals surface area contributed by atoms with Crippen molar-refractivity contribution in [2.75, 3.05) is 13.2 Å². The zero-order valence-electron chi connectivity index (χ0n) is 22.8. The molecule has 0 radical (unpaired) electrons. The lowest BCUT2D eigenvalue weighted by molar-refractivity contribution is -0.144. The Hall–Kier alpha value is -1.32. The van der Waals surface area contributed by atoms with Gasteiger partial charge in [-0.1, -0.05) is 109 Å². The maximum Gasteiger partial charge on any atom is 0.305 e. The smallest absolute Gasteiger partial charge is 0.305 e. The molecular weight excluding hydrogens is 424 g/mol. The van der Waals surface area contributed by atoms with Gasteiger partial charge in [0.1, 0.15) is 0 Å². The van der Waals surface area contributed by atoms with E-state index in [1.54, 1.807) is 0 Å². The summed E-state index contributed by atoms with van der Waals surface area (Å²) in [7, 11) is 0. The minimum atomic E-state index is -0.0420. The second kappa shape index (κ2) is 27.9. The predicted octanol–water partition coefficient (Wildman–Crippen LogP) is 9.25. The maximum atomic E-state index is 11.6. The zero-order valence-corrected chi connectivity index (χ0v) is 22.8. The predicted molar refractivity (Wildman–Crippen MR) is 144 cm³/mol. The van der Waals surface area contributed by atoms with Crippen LogP contribution in [0.15, 0.2) is 12.2 Å². The number of hydrogen-bond acceptors (Lipinski definition) is 4. The number of ether oxygens (including phenoxy) is 2. The van der Waals surface area contributed by atoms with Gasteiger partial charge in [-0.15, -0.1) is 0 Å². The average molecular weight is 481 g/mol. The van der Waals surface area contributed by atoms with Crippen LogP contribution in [0.3, 0.4) is 0 Å². The van der Waals surface area contributed by atoms with Gasteiger partial charge in [0, 0.05) is 12.8 Å². The second-order valence-electron chi connectivity index (χ2n) is 9.65. The molecule has 0 aromatic heterocycles. The van der Waals surface area contributed by atoms with E-state index in [1.807, 2.05) is 0 Å². The fourth-order valence-corrected chi connectivity index (χ4v) is 3.94. The van der Waals surface area contributed by atoms with Crippen LogP contribution in [0.4, 0.5) is 0 Å². The quantitative estimate of drug-likeness (QED) is 0.0703. The molecule has 34 heavy (non-hydrogen) atoms. The third kappa shape index (κ3) is 26.9. The van der Waals surface area contributed by atoms with E-state index in [9.17, 15) is 9.59 Å². The van der Waals surface area contributed by atoms with Gasteiger partial charge >= 0.3 is 11.9 Å². The van der Waals surface area contributed by atoms with Crippen LogP contribution in [0, 0.1) is 0 Å². The summed E-state index contributed by atoms with van der Waals surface area (Å²) in [6.45, 7) is 5.49. The van der Waals surface area contributed by atoms with Crippen molar-refractivity contribution in [1.82, 2.24) is 0 Å². The molecule has 0 fully saturated rings. The molecule has 0 atom stereocenters. The van der Waals surface area contributed by atoms with Crippen molar-refractivity contribution in [3.63, 3.8) is 0 Å².